The van der Waals surface area contributed by atoms with Crippen LogP contribution in [0.15, 0.2) is 48.5 Å². The van der Waals surface area contributed by atoms with Gasteiger partial charge in [-0.25, -0.2) is 9.78 Å². The normalized spacial score (nSPS) is 11.4. The van der Waals surface area contributed by atoms with Gasteiger partial charge in [-0.3, -0.25) is 9.59 Å². The Bertz CT molecular complexity index is 1400. The first-order valence-electron chi connectivity index (χ1n) is 12.9. The van der Waals surface area contributed by atoms with Crippen molar-refractivity contribution in [1.29, 1.82) is 0 Å². The molecule has 0 fully saturated rings. The number of methoxy groups -OCH3 is 1. The van der Waals surface area contributed by atoms with E-state index in [4.69, 9.17) is 25.8 Å². The van der Waals surface area contributed by atoms with Gasteiger partial charge >= 0.3 is 17.9 Å². The summed E-state index contributed by atoms with van der Waals surface area (Å²) in [6.07, 6.45) is 0.217. The van der Waals surface area contributed by atoms with Crippen LogP contribution in [-0.4, -0.2) is 46.3 Å². The number of aryl methyl sites for hydroxylation is 1. The number of halogens is 1. The van der Waals surface area contributed by atoms with Crippen molar-refractivity contribution < 1.29 is 28.6 Å². The Labute approximate surface area is 244 Å². The summed E-state index contributed by atoms with van der Waals surface area (Å²) < 4.78 is 15.9. The molecule has 10 nitrogen and oxygen atoms in total. The Balaban J connectivity index is 1.57. The van der Waals surface area contributed by atoms with Gasteiger partial charge in [-0.15, -0.1) is 0 Å². The van der Waals surface area contributed by atoms with E-state index in [2.05, 4.69) is 20.6 Å². The van der Waals surface area contributed by atoms with E-state index in [1.54, 1.807) is 45.0 Å². The van der Waals surface area contributed by atoms with Crippen molar-refractivity contribution in [2.24, 2.45) is 0 Å². The van der Waals surface area contributed by atoms with Gasteiger partial charge in [0.1, 0.15) is 17.0 Å². The summed E-state index contributed by atoms with van der Waals surface area (Å²) in [4.78, 5) is 45.1. The van der Waals surface area contributed by atoms with Crippen molar-refractivity contribution in [3.8, 4) is 0 Å². The van der Waals surface area contributed by atoms with Crippen LogP contribution in [0.4, 0.5) is 17.2 Å². The number of nitrogens with zero attached hydrogens (tertiary/aromatic N) is 2. The Hall–Kier alpha value is -4.18. The predicted molar refractivity (Wildman–Crippen MR) is 156 cm³/mol. The topological polar surface area (TPSA) is 129 Å². The average molecular weight is 583 g/mol. The van der Waals surface area contributed by atoms with Crippen LogP contribution in [0.2, 0.25) is 5.28 Å². The van der Waals surface area contributed by atoms with Crippen LogP contribution in [-0.2, 0) is 36.6 Å². The van der Waals surface area contributed by atoms with E-state index in [-0.39, 0.29) is 35.5 Å². The highest BCUT2D eigenvalue weighted by atomic mass is 35.5. The first-order chi connectivity index (χ1) is 19.1. The Kier molecular flexibility index (Phi) is 9.93. The second-order valence-corrected chi connectivity index (χ2v) is 11.2. The van der Waals surface area contributed by atoms with Crippen molar-refractivity contribution in [3.63, 3.8) is 0 Å². The fraction of sp³-hybridized carbons (Fsp3) is 0.367. The first kappa shape index (κ1) is 31.3. The minimum Gasteiger partial charge on any atom is -0.465 e. The number of esters is 3. The molecule has 0 amide bonds. The Morgan fingerprint density at radius 3 is 1.83 bits per heavy atom. The number of anilines is 3. The molecule has 0 radical (unpaired) electrons. The quantitative estimate of drug-likeness (QED) is 0.131. The maximum absolute atomic E-state index is 12.7. The van der Waals surface area contributed by atoms with Crippen LogP contribution in [0.3, 0.4) is 0 Å². The first-order valence-corrected chi connectivity index (χ1v) is 13.3. The molecule has 3 rings (SSSR count). The van der Waals surface area contributed by atoms with Gasteiger partial charge in [0.05, 0.1) is 25.6 Å². The third-order valence-electron chi connectivity index (χ3n) is 5.55. The fourth-order valence-corrected chi connectivity index (χ4v) is 4.14. The lowest BCUT2D eigenvalue weighted by atomic mass is 10.1. The summed E-state index contributed by atoms with van der Waals surface area (Å²) in [5.74, 6) is -1.09. The van der Waals surface area contributed by atoms with E-state index >= 15 is 0 Å². The van der Waals surface area contributed by atoms with E-state index in [1.165, 1.54) is 7.11 Å². The molecule has 0 saturated carbocycles. The molecule has 218 valence electrons. The minimum atomic E-state index is -0.986. The smallest absolute Gasteiger partial charge is 0.343 e. The number of ether oxygens (including phenoxy) is 3. The van der Waals surface area contributed by atoms with Crippen LogP contribution >= 0.6 is 11.6 Å². The van der Waals surface area contributed by atoms with Crippen molar-refractivity contribution in [2.45, 2.75) is 65.7 Å². The zero-order chi connectivity index (χ0) is 30.4. The van der Waals surface area contributed by atoms with Crippen LogP contribution in [0, 0.1) is 6.92 Å². The molecule has 0 spiro atoms. The molecule has 0 unspecified atom stereocenters. The molecule has 1 aromatic heterocycles. The van der Waals surface area contributed by atoms with Crippen LogP contribution < -0.4 is 10.6 Å². The second kappa shape index (κ2) is 13.0. The molecule has 0 aliphatic rings. The molecule has 0 aliphatic heterocycles. The largest absolute Gasteiger partial charge is 0.465 e. The Morgan fingerprint density at radius 1 is 0.805 bits per heavy atom. The third kappa shape index (κ3) is 9.75. The van der Waals surface area contributed by atoms with Crippen LogP contribution in [0.5, 0.6) is 0 Å². The summed E-state index contributed by atoms with van der Waals surface area (Å²) in [5, 5.41) is 6.23. The van der Waals surface area contributed by atoms with Crippen molar-refractivity contribution in [3.05, 3.63) is 76.2 Å². The van der Waals surface area contributed by atoms with Crippen LogP contribution in [0.1, 0.15) is 61.8 Å². The van der Waals surface area contributed by atoms with E-state index in [0.717, 1.165) is 16.8 Å². The summed E-state index contributed by atoms with van der Waals surface area (Å²) in [6, 6.07) is 14.3. The fourth-order valence-electron chi connectivity index (χ4n) is 3.93. The lowest BCUT2D eigenvalue weighted by Gasteiger charge is -2.27. The minimum absolute atomic E-state index is 0.00927. The number of nitrogens with one attached hydrogen (secondary N) is 2. The van der Waals surface area contributed by atoms with Gasteiger partial charge in [0.25, 0.3) is 0 Å². The van der Waals surface area contributed by atoms with E-state index in [1.807, 2.05) is 45.0 Å². The molecule has 11 heteroatoms. The average Bonchev–Trinajstić information content (AvgIpc) is 2.84. The van der Waals surface area contributed by atoms with Crippen molar-refractivity contribution in [1.82, 2.24) is 9.97 Å². The molecule has 0 bridgehead atoms. The number of rotatable bonds is 10. The third-order valence-corrected chi connectivity index (χ3v) is 5.72. The number of hydrogen-bond acceptors (Lipinski definition) is 10. The highest BCUT2D eigenvalue weighted by molar-refractivity contribution is 6.28. The SMILES string of the molecule is COC(=O)c1c(C)nc(Cl)nc1Nc1ccc(CC(=O)OC(C)(C)Nc2ccc(CC(=O)OC(C)(C)C)cc2)cc1. The monoisotopic (exact) mass is 582 g/mol. The van der Waals surface area contributed by atoms with E-state index < -0.39 is 23.3 Å². The molecule has 1 heterocycles. The molecule has 0 atom stereocenters. The molecule has 2 aromatic carbocycles. The summed E-state index contributed by atoms with van der Waals surface area (Å²) >= 11 is 5.98. The van der Waals surface area contributed by atoms with Gasteiger partial charge in [0.2, 0.25) is 5.28 Å². The second-order valence-electron chi connectivity index (χ2n) is 10.9. The van der Waals surface area contributed by atoms with Crippen molar-refractivity contribution >= 4 is 46.7 Å². The maximum atomic E-state index is 12.7. The van der Waals surface area contributed by atoms with Gasteiger partial charge in [-0.1, -0.05) is 24.3 Å². The van der Waals surface area contributed by atoms with Gasteiger partial charge in [0, 0.05) is 11.4 Å². The van der Waals surface area contributed by atoms with E-state index in [9.17, 15) is 14.4 Å². The summed E-state index contributed by atoms with van der Waals surface area (Å²) in [5.41, 5.74) is 1.94. The van der Waals surface area contributed by atoms with Gasteiger partial charge in [-0.05, 0) is 88.5 Å². The maximum Gasteiger partial charge on any atom is 0.343 e. The molecule has 3 aromatic rings. The zero-order valence-electron chi connectivity index (χ0n) is 24.3. The van der Waals surface area contributed by atoms with Crippen molar-refractivity contribution in [2.75, 3.05) is 17.7 Å². The molecular formula is C30H35ClN4O6. The Morgan fingerprint density at radius 2 is 1.32 bits per heavy atom. The number of carbonyl (C=O) groups excluding carboxylic acids is 3. The summed E-state index contributed by atoms with van der Waals surface area (Å²) in [7, 11) is 1.27. The number of aromatic nitrogens is 2. The number of benzene rings is 2. The standard InChI is InChI=1S/C30H35ClN4O6/c1-18-25(27(38)39-7)26(34-28(31)32-18)33-21-12-8-19(9-13-21)17-24(37)41-30(5,6)35-22-14-10-20(11-15-22)16-23(36)40-29(2,3)4/h8-15,35H,16-17H2,1-7H3,(H,32,33,34). The van der Waals surface area contributed by atoms with Gasteiger partial charge in [0.15, 0.2) is 5.72 Å². The van der Waals surface area contributed by atoms with Gasteiger partial charge < -0.3 is 24.8 Å². The molecule has 0 saturated heterocycles. The molecular weight excluding hydrogens is 548 g/mol. The molecule has 2 N–H and O–H groups in total. The summed E-state index contributed by atoms with van der Waals surface area (Å²) in [6.45, 7) is 10.6. The zero-order valence-corrected chi connectivity index (χ0v) is 25.0. The number of carbonyl (C=O) groups is 3. The lowest BCUT2D eigenvalue weighted by molar-refractivity contribution is -0.154. The molecule has 41 heavy (non-hydrogen) atoms. The van der Waals surface area contributed by atoms with Gasteiger partial charge in [-0.2, -0.15) is 4.98 Å². The van der Waals surface area contributed by atoms with Crippen LogP contribution in [0.25, 0.3) is 0 Å². The highest BCUT2D eigenvalue weighted by Gasteiger charge is 2.23. The highest BCUT2D eigenvalue weighted by Crippen LogP contribution is 2.24. The lowest BCUT2D eigenvalue weighted by Crippen LogP contribution is -2.37. The number of hydrogen-bond donors (Lipinski definition) is 2. The molecule has 0 aliphatic carbocycles. The van der Waals surface area contributed by atoms with E-state index in [0.29, 0.717) is 11.4 Å². The predicted octanol–water partition coefficient (Wildman–Crippen LogP) is 5.79.